The number of nitrogens with two attached hydrogens (primary N) is 1. The molecule has 1 atom stereocenters. The molecule has 2 N–H and O–H groups in total. The first kappa shape index (κ1) is 12.1. The third kappa shape index (κ3) is 2.01. The predicted molar refractivity (Wildman–Crippen MR) is 44.3 cm³/mol. The van der Waals surface area contributed by atoms with Crippen molar-refractivity contribution in [2.45, 2.75) is 23.7 Å². The molecule has 1 heterocycles. The standard InChI is InChI=1S/C6H9F3N2O3S/c7-6(8,9)15(13,14)4-2-1-3-11(4)5(10)12/h4H,1-3H2,(H2,10,12). The molecule has 0 aliphatic carbocycles. The van der Waals surface area contributed by atoms with Gasteiger partial charge in [0.05, 0.1) is 0 Å². The molecule has 0 aromatic heterocycles. The molecule has 9 heteroatoms. The van der Waals surface area contributed by atoms with Crippen LogP contribution in [0.5, 0.6) is 0 Å². The van der Waals surface area contributed by atoms with E-state index < -0.39 is 26.8 Å². The predicted octanol–water partition coefficient (Wildman–Crippen LogP) is 0.422. The van der Waals surface area contributed by atoms with E-state index in [0.717, 1.165) is 0 Å². The van der Waals surface area contributed by atoms with Crippen LogP contribution in [0.1, 0.15) is 12.8 Å². The number of nitrogens with zero attached hydrogens (tertiary/aromatic N) is 1. The number of halogens is 3. The monoisotopic (exact) mass is 246 g/mol. The maximum Gasteiger partial charge on any atom is 0.499 e. The van der Waals surface area contributed by atoms with Crippen LogP contribution in [0.3, 0.4) is 0 Å². The average Bonchev–Trinajstić information content (AvgIpc) is 2.48. The average molecular weight is 246 g/mol. The topological polar surface area (TPSA) is 80.5 Å². The molecule has 1 aliphatic heterocycles. The molecular weight excluding hydrogens is 237 g/mol. The first-order valence-corrected chi connectivity index (χ1v) is 5.59. The summed E-state index contributed by atoms with van der Waals surface area (Å²) in [5.74, 6) is 0. The van der Waals surface area contributed by atoms with Crippen molar-refractivity contribution < 1.29 is 26.4 Å². The first-order chi connectivity index (χ1) is 6.68. The molecule has 1 unspecified atom stereocenters. The van der Waals surface area contributed by atoms with Crippen molar-refractivity contribution in [3.05, 3.63) is 0 Å². The van der Waals surface area contributed by atoms with E-state index in [1.54, 1.807) is 0 Å². The lowest BCUT2D eigenvalue weighted by molar-refractivity contribution is -0.0454. The van der Waals surface area contributed by atoms with Crippen LogP contribution in [0.15, 0.2) is 0 Å². The van der Waals surface area contributed by atoms with Gasteiger partial charge in [0.1, 0.15) is 5.37 Å². The quantitative estimate of drug-likeness (QED) is 0.728. The molecule has 1 rings (SSSR count). The van der Waals surface area contributed by atoms with Crippen LogP contribution < -0.4 is 5.73 Å². The Balaban J connectivity index is 3.03. The highest BCUT2D eigenvalue weighted by Gasteiger charge is 2.54. The van der Waals surface area contributed by atoms with Gasteiger partial charge in [-0.3, -0.25) is 0 Å². The van der Waals surface area contributed by atoms with Crippen molar-refractivity contribution in [2.24, 2.45) is 5.73 Å². The van der Waals surface area contributed by atoms with Gasteiger partial charge in [-0.05, 0) is 12.8 Å². The number of rotatable bonds is 1. The van der Waals surface area contributed by atoms with Gasteiger partial charge in [-0.15, -0.1) is 0 Å². The maximum absolute atomic E-state index is 12.2. The van der Waals surface area contributed by atoms with Gasteiger partial charge in [0, 0.05) is 6.54 Å². The SMILES string of the molecule is NC(=O)N1CCCC1S(=O)(=O)C(F)(F)F. The van der Waals surface area contributed by atoms with E-state index in [0.29, 0.717) is 4.90 Å². The Labute approximate surface area is 83.9 Å². The number of sulfone groups is 1. The Kier molecular flexibility index (Phi) is 2.85. The van der Waals surface area contributed by atoms with E-state index in [2.05, 4.69) is 0 Å². The van der Waals surface area contributed by atoms with E-state index in [4.69, 9.17) is 5.73 Å². The summed E-state index contributed by atoms with van der Waals surface area (Å²) in [5, 5.41) is -1.87. The summed E-state index contributed by atoms with van der Waals surface area (Å²) in [7, 11) is -5.35. The van der Waals surface area contributed by atoms with Crippen molar-refractivity contribution in [1.82, 2.24) is 4.90 Å². The molecule has 15 heavy (non-hydrogen) atoms. The van der Waals surface area contributed by atoms with Gasteiger partial charge in [-0.25, -0.2) is 13.2 Å². The molecule has 0 saturated carbocycles. The molecule has 2 amide bonds. The van der Waals surface area contributed by atoms with Crippen molar-refractivity contribution >= 4 is 15.9 Å². The Morgan fingerprint density at radius 3 is 2.33 bits per heavy atom. The summed E-state index contributed by atoms with van der Waals surface area (Å²) in [4.78, 5) is 11.2. The molecule has 0 spiro atoms. The lowest BCUT2D eigenvalue weighted by atomic mass is 10.4. The van der Waals surface area contributed by atoms with Gasteiger partial charge in [-0.2, -0.15) is 13.2 Å². The van der Waals surface area contributed by atoms with Crippen LogP contribution in [0.4, 0.5) is 18.0 Å². The molecule has 1 saturated heterocycles. The number of carbonyl (C=O) groups excluding carboxylic acids is 1. The number of urea groups is 1. The number of hydrogen-bond donors (Lipinski definition) is 1. The third-order valence-electron chi connectivity index (χ3n) is 2.16. The van der Waals surface area contributed by atoms with Crippen molar-refractivity contribution in [1.29, 1.82) is 0 Å². The Hall–Kier alpha value is -0.990. The normalized spacial score (nSPS) is 23.1. The molecule has 0 aromatic rings. The minimum Gasteiger partial charge on any atom is -0.351 e. The van der Waals surface area contributed by atoms with E-state index in [1.165, 1.54) is 0 Å². The smallest absolute Gasteiger partial charge is 0.351 e. The minimum atomic E-state index is -5.35. The zero-order valence-corrected chi connectivity index (χ0v) is 8.31. The number of alkyl halides is 3. The fourth-order valence-corrected chi connectivity index (χ4v) is 2.79. The Morgan fingerprint density at radius 1 is 1.40 bits per heavy atom. The highest BCUT2D eigenvalue weighted by Crippen LogP contribution is 2.33. The zero-order valence-electron chi connectivity index (χ0n) is 7.49. The molecule has 1 fully saturated rings. The van der Waals surface area contributed by atoms with E-state index in [9.17, 15) is 26.4 Å². The van der Waals surface area contributed by atoms with Crippen LogP contribution in [-0.2, 0) is 9.84 Å². The fourth-order valence-electron chi connectivity index (χ4n) is 1.47. The highest BCUT2D eigenvalue weighted by atomic mass is 32.2. The molecular formula is C6H9F3N2O3S. The summed E-state index contributed by atoms with van der Waals surface area (Å²) in [6.45, 7) is -0.0602. The van der Waals surface area contributed by atoms with Crippen molar-refractivity contribution in [3.8, 4) is 0 Å². The second-order valence-electron chi connectivity index (χ2n) is 3.12. The fraction of sp³-hybridized carbons (Fsp3) is 0.833. The van der Waals surface area contributed by atoms with Crippen LogP contribution in [0.2, 0.25) is 0 Å². The van der Waals surface area contributed by atoms with Crippen LogP contribution in [0, 0.1) is 0 Å². The lowest BCUT2D eigenvalue weighted by Crippen LogP contribution is -2.47. The number of likely N-dealkylation sites (tertiary alicyclic amines) is 1. The largest absolute Gasteiger partial charge is 0.499 e. The summed E-state index contributed by atoms with van der Waals surface area (Å²) in [6, 6.07) is -1.15. The minimum absolute atomic E-state index is 0.0602. The Morgan fingerprint density at radius 2 is 1.93 bits per heavy atom. The van der Waals surface area contributed by atoms with Gasteiger partial charge in [0.15, 0.2) is 0 Å². The second-order valence-corrected chi connectivity index (χ2v) is 5.22. The molecule has 1 aliphatic rings. The van der Waals surface area contributed by atoms with Crippen LogP contribution >= 0.6 is 0 Å². The van der Waals surface area contributed by atoms with Gasteiger partial charge < -0.3 is 10.6 Å². The second kappa shape index (κ2) is 3.54. The molecule has 5 nitrogen and oxygen atoms in total. The molecule has 0 radical (unpaired) electrons. The van der Waals surface area contributed by atoms with Crippen molar-refractivity contribution in [3.63, 3.8) is 0 Å². The molecule has 0 aromatic carbocycles. The summed E-state index contributed by atoms with van der Waals surface area (Å²) in [6.07, 6.45) is -0.0340. The molecule has 88 valence electrons. The first-order valence-electron chi connectivity index (χ1n) is 4.04. The molecule has 0 bridgehead atoms. The van der Waals surface area contributed by atoms with Gasteiger partial charge in [0.25, 0.3) is 9.84 Å². The summed E-state index contributed by atoms with van der Waals surface area (Å²) < 4.78 is 58.5. The van der Waals surface area contributed by atoms with Gasteiger partial charge in [0.2, 0.25) is 0 Å². The zero-order chi connectivity index (χ0) is 11.9. The van der Waals surface area contributed by atoms with Crippen LogP contribution in [0.25, 0.3) is 0 Å². The van der Waals surface area contributed by atoms with Gasteiger partial charge in [-0.1, -0.05) is 0 Å². The number of carbonyl (C=O) groups is 1. The Bertz CT molecular complexity index is 364. The maximum atomic E-state index is 12.2. The van der Waals surface area contributed by atoms with E-state index in [-0.39, 0.29) is 19.4 Å². The number of amides is 2. The highest BCUT2D eigenvalue weighted by molar-refractivity contribution is 7.92. The number of primary amides is 1. The number of hydrogen-bond acceptors (Lipinski definition) is 3. The van der Waals surface area contributed by atoms with Crippen molar-refractivity contribution in [2.75, 3.05) is 6.54 Å². The summed E-state index contributed by atoms with van der Waals surface area (Å²) in [5.41, 5.74) is -0.568. The van der Waals surface area contributed by atoms with Gasteiger partial charge >= 0.3 is 11.5 Å². The van der Waals surface area contributed by atoms with Crippen LogP contribution in [-0.4, -0.2) is 36.8 Å². The lowest BCUT2D eigenvalue weighted by Gasteiger charge is -2.23. The third-order valence-corrected chi connectivity index (χ3v) is 4.01. The van der Waals surface area contributed by atoms with E-state index >= 15 is 0 Å². The summed E-state index contributed by atoms with van der Waals surface area (Å²) >= 11 is 0. The van der Waals surface area contributed by atoms with E-state index in [1.807, 2.05) is 0 Å².